The smallest absolute Gasteiger partial charge is 0.245 e. The molecule has 2 aromatic heterocycles. The first-order valence-electron chi connectivity index (χ1n) is 6.66. The second-order valence-electron chi connectivity index (χ2n) is 5.69. The number of hydrogen-bond donors (Lipinski definition) is 1. The summed E-state index contributed by atoms with van der Waals surface area (Å²) in [6, 6.07) is 1.93. The molecular formula is C14H15N5O. The van der Waals surface area contributed by atoms with Gasteiger partial charge in [0.25, 0.3) is 0 Å². The van der Waals surface area contributed by atoms with Crippen molar-refractivity contribution in [2.45, 2.75) is 0 Å². The van der Waals surface area contributed by atoms with Crippen molar-refractivity contribution in [3.05, 3.63) is 31.1 Å². The molecule has 20 heavy (non-hydrogen) atoms. The summed E-state index contributed by atoms with van der Waals surface area (Å²) in [4.78, 5) is 27.5. The normalized spacial score (nSPS) is 19.8. The van der Waals surface area contributed by atoms with Crippen LogP contribution in [0.15, 0.2) is 31.1 Å². The van der Waals surface area contributed by atoms with Gasteiger partial charge in [0.15, 0.2) is 5.65 Å². The molecule has 2 aromatic rings. The van der Waals surface area contributed by atoms with Crippen molar-refractivity contribution in [2.75, 3.05) is 31.1 Å². The van der Waals surface area contributed by atoms with Crippen LogP contribution in [-0.4, -0.2) is 51.9 Å². The number of aromatic nitrogens is 3. The SMILES string of the molecule is C=CC(=O)N1CC2(C1)CN(c1cnc3[nH]ccc3n1)C2. The van der Waals surface area contributed by atoms with Gasteiger partial charge in [-0.15, -0.1) is 0 Å². The minimum atomic E-state index is 0.0302. The molecule has 0 aromatic carbocycles. The maximum atomic E-state index is 11.5. The number of H-pyrrole nitrogens is 1. The van der Waals surface area contributed by atoms with Gasteiger partial charge in [-0.05, 0) is 12.1 Å². The summed E-state index contributed by atoms with van der Waals surface area (Å²) in [6.45, 7) is 7.06. The Kier molecular flexibility index (Phi) is 2.19. The number of hydrogen-bond acceptors (Lipinski definition) is 4. The number of nitrogens with one attached hydrogen (secondary N) is 1. The van der Waals surface area contributed by atoms with E-state index in [4.69, 9.17) is 0 Å². The van der Waals surface area contributed by atoms with E-state index >= 15 is 0 Å². The van der Waals surface area contributed by atoms with Crippen LogP contribution in [0.1, 0.15) is 0 Å². The highest BCUT2D eigenvalue weighted by atomic mass is 16.2. The van der Waals surface area contributed by atoms with Gasteiger partial charge in [0.1, 0.15) is 11.3 Å². The Morgan fingerprint density at radius 1 is 1.40 bits per heavy atom. The van der Waals surface area contributed by atoms with E-state index < -0.39 is 0 Å². The molecule has 0 atom stereocenters. The van der Waals surface area contributed by atoms with Crippen LogP contribution in [0.25, 0.3) is 11.2 Å². The predicted molar refractivity (Wildman–Crippen MR) is 75.3 cm³/mol. The second-order valence-corrected chi connectivity index (χ2v) is 5.69. The Balaban J connectivity index is 1.44. The molecule has 2 saturated heterocycles. The van der Waals surface area contributed by atoms with Crippen molar-refractivity contribution < 1.29 is 4.79 Å². The average Bonchev–Trinajstić information content (AvgIpc) is 2.82. The monoisotopic (exact) mass is 269 g/mol. The molecule has 0 radical (unpaired) electrons. The van der Waals surface area contributed by atoms with Crippen LogP contribution in [0, 0.1) is 5.41 Å². The Morgan fingerprint density at radius 3 is 2.95 bits per heavy atom. The van der Waals surface area contributed by atoms with E-state index in [0.717, 1.165) is 43.2 Å². The molecule has 2 fully saturated rings. The van der Waals surface area contributed by atoms with E-state index in [1.54, 1.807) is 6.20 Å². The summed E-state index contributed by atoms with van der Waals surface area (Å²) in [5.74, 6) is 0.943. The quantitative estimate of drug-likeness (QED) is 0.819. The van der Waals surface area contributed by atoms with E-state index in [0.29, 0.717) is 0 Å². The fourth-order valence-electron chi connectivity index (χ4n) is 3.15. The van der Waals surface area contributed by atoms with Gasteiger partial charge in [0.2, 0.25) is 5.91 Å². The minimum absolute atomic E-state index is 0.0302. The number of fused-ring (bicyclic) bond motifs is 1. The van der Waals surface area contributed by atoms with Crippen molar-refractivity contribution in [1.29, 1.82) is 0 Å². The number of carbonyl (C=O) groups excluding carboxylic acids is 1. The number of likely N-dealkylation sites (tertiary alicyclic amines) is 1. The van der Waals surface area contributed by atoms with Crippen molar-refractivity contribution in [2.24, 2.45) is 5.41 Å². The van der Waals surface area contributed by atoms with Crippen molar-refractivity contribution in [3.63, 3.8) is 0 Å². The van der Waals surface area contributed by atoms with Crippen LogP contribution in [0.2, 0.25) is 0 Å². The molecule has 2 aliphatic rings. The molecule has 4 heterocycles. The lowest BCUT2D eigenvalue weighted by atomic mass is 9.73. The topological polar surface area (TPSA) is 65.1 Å². The minimum Gasteiger partial charge on any atom is -0.354 e. The largest absolute Gasteiger partial charge is 0.354 e. The van der Waals surface area contributed by atoms with Crippen molar-refractivity contribution in [1.82, 2.24) is 19.9 Å². The van der Waals surface area contributed by atoms with Gasteiger partial charge in [0, 0.05) is 37.8 Å². The number of anilines is 1. The van der Waals surface area contributed by atoms with Gasteiger partial charge in [-0.1, -0.05) is 6.58 Å². The van der Waals surface area contributed by atoms with Crippen LogP contribution in [0.4, 0.5) is 5.82 Å². The predicted octanol–water partition coefficient (Wildman–Crippen LogP) is 0.792. The number of carbonyl (C=O) groups is 1. The molecule has 2 aliphatic heterocycles. The summed E-state index contributed by atoms with van der Waals surface area (Å²) in [7, 11) is 0. The zero-order chi connectivity index (χ0) is 13.7. The third kappa shape index (κ3) is 1.54. The first kappa shape index (κ1) is 11.5. The van der Waals surface area contributed by atoms with Gasteiger partial charge in [0.05, 0.1) is 6.20 Å². The van der Waals surface area contributed by atoms with Crippen LogP contribution in [0.3, 0.4) is 0 Å². The zero-order valence-corrected chi connectivity index (χ0v) is 11.0. The first-order valence-corrected chi connectivity index (χ1v) is 6.66. The molecule has 0 unspecified atom stereocenters. The van der Waals surface area contributed by atoms with Gasteiger partial charge < -0.3 is 14.8 Å². The fourth-order valence-corrected chi connectivity index (χ4v) is 3.15. The second kappa shape index (κ2) is 3.82. The molecule has 6 heteroatoms. The lowest BCUT2D eigenvalue weighted by Crippen LogP contribution is -2.73. The van der Waals surface area contributed by atoms with Crippen LogP contribution in [0.5, 0.6) is 0 Å². The van der Waals surface area contributed by atoms with Crippen LogP contribution < -0.4 is 4.90 Å². The van der Waals surface area contributed by atoms with Gasteiger partial charge in [-0.2, -0.15) is 0 Å². The number of nitrogens with zero attached hydrogens (tertiary/aromatic N) is 4. The van der Waals surface area contributed by atoms with Gasteiger partial charge in [-0.3, -0.25) is 4.79 Å². The molecule has 0 aliphatic carbocycles. The third-order valence-corrected chi connectivity index (χ3v) is 4.16. The number of amides is 1. The Hall–Kier alpha value is -2.37. The summed E-state index contributed by atoms with van der Waals surface area (Å²) in [5.41, 5.74) is 1.96. The molecule has 6 nitrogen and oxygen atoms in total. The molecule has 4 rings (SSSR count). The third-order valence-electron chi connectivity index (χ3n) is 4.16. The van der Waals surface area contributed by atoms with E-state index in [2.05, 4.69) is 26.4 Å². The summed E-state index contributed by atoms with van der Waals surface area (Å²) < 4.78 is 0. The highest BCUT2D eigenvalue weighted by Crippen LogP contribution is 2.41. The Labute approximate surface area is 116 Å². The van der Waals surface area contributed by atoms with E-state index in [9.17, 15) is 4.79 Å². The van der Waals surface area contributed by atoms with Gasteiger partial charge >= 0.3 is 0 Å². The fraction of sp³-hybridized carbons (Fsp3) is 0.357. The zero-order valence-electron chi connectivity index (χ0n) is 11.0. The van der Waals surface area contributed by atoms with E-state index in [-0.39, 0.29) is 11.3 Å². The lowest BCUT2D eigenvalue weighted by Gasteiger charge is -2.60. The summed E-state index contributed by atoms with van der Waals surface area (Å²) in [5, 5.41) is 0. The Morgan fingerprint density at radius 2 is 2.20 bits per heavy atom. The maximum absolute atomic E-state index is 11.5. The maximum Gasteiger partial charge on any atom is 0.245 e. The summed E-state index contributed by atoms with van der Waals surface area (Å²) in [6.07, 6.45) is 5.03. The first-order chi connectivity index (χ1) is 9.69. The van der Waals surface area contributed by atoms with Gasteiger partial charge in [-0.25, -0.2) is 9.97 Å². The molecule has 0 saturated carbocycles. The molecule has 0 bridgehead atoms. The standard InChI is InChI=1S/C14H15N5O/c1-2-12(20)19-8-14(9-19)6-18(7-14)11-5-16-13-10(17-11)3-4-15-13/h2-5H,1,6-9H2,(H,15,16). The average molecular weight is 269 g/mol. The summed E-state index contributed by atoms with van der Waals surface area (Å²) >= 11 is 0. The molecule has 102 valence electrons. The molecule has 1 N–H and O–H groups in total. The van der Waals surface area contributed by atoms with Crippen molar-refractivity contribution in [3.8, 4) is 0 Å². The molecular weight excluding hydrogens is 254 g/mol. The van der Waals surface area contributed by atoms with Crippen LogP contribution >= 0.6 is 0 Å². The van der Waals surface area contributed by atoms with E-state index in [1.807, 2.05) is 17.2 Å². The highest BCUT2D eigenvalue weighted by Gasteiger charge is 2.53. The van der Waals surface area contributed by atoms with Crippen LogP contribution in [-0.2, 0) is 4.79 Å². The van der Waals surface area contributed by atoms with Crippen molar-refractivity contribution >= 4 is 22.9 Å². The molecule has 1 spiro atoms. The lowest BCUT2D eigenvalue weighted by molar-refractivity contribution is -0.139. The number of rotatable bonds is 2. The number of aromatic amines is 1. The Bertz CT molecular complexity index is 692. The highest BCUT2D eigenvalue weighted by molar-refractivity contribution is 5.88. The molecule has 1 amide bonds. The van der Waals surface area contributed by atoms with E-state index in [1.165, 1.54) is 6.08 Å².